The Balaban J connectivity index is 1.79. The Kier molecular flexibility index (Phi) is 1.31. The van der Waals surface area contributed by atoms with Gasteiger partial charge in [0.15, 0.2) is 0 Å². The van der Waals surface area contributed by atoms with E-state index in [0.29, 0.717) is 11.5 Å². The predicted molar refractivity (Wildman–Crippen MR) is 42.7 cm³/mol. The number of hydrogen-bond donors (Lipinski definition) is 1. The van der Waals surface area contributed by atoms with E-state index in [0.717, 1.165) is 5.92 Å². The van der Waals surface area contributed by atoms with Gasteiger partial charge in [-0.3, -0.25) is 0 Å². The first kappa shape index (κ1) is 6.66. The quantitative estimate of drug-likeness (QED) is 0.621. The van der Waals surface area contributed by atoms with E-state index in [1.807, 2.05) is 0 Å². The van der Waals surface area contributed by atoms with Crippen LogP contribution in [0, 0.1) is 11.3 Å². The number of nitrogens with two attached hydrogens (primary N) is 1. The second-order valence-corrected chi connectivity index (χ2v) is 4.47. The summed E-state index contributed by atoms with van der Waals surface area (Å²) in [7, 11) is 0. The molecule has 0 saturated heterocycles. The van der Waals surface area contributed by atoms with Crippen molar-refractivity contribution in [2.75, 3.05) is 0 Å². The van der Waals surface area contributed by atoms with Crippen LogP contribution in [0.4, 0.5) is 0 Å². The average molecular weight is 139 g/mol. The van der Waals surface area contributed by atoms with Crippen molar-refractivity contribution in [3.63, 3.8) is 0 Å². The van der Waals surface area contributed by atoms with Crippen LogP contribution >= 0.6 is 0 Å². The normalized spacial score (nSPS) is 46.8. The Bertz CT molecular complexity index is 140. The van der Waals surface area contributed by atoms with Crippen LogP contribution in [-0.4, -0.2) is 6.04 Å². The van der Waals surface area contributed by atoms with E-state index in [9.17, 15) is 0 Å². The van der Waals surface area contributed by atoms with Gasteiger partial charge in [0.25, 0.3) is 0 Å². The first-order valence-electron chi connectivity index (χ1n) is 4.46. The summed E-state index contributed by atoms with van der Waals surface area (Å²) in [5.41, 5.74) is 6.39. The molecular formula is C9H17N. The minimum atomic E-state index is 0.535. The summed E-state index contributed by atoms with van der Waals surface area (Å²) in [5, 5.41) is 0. The lowest BCUT2D eigenvalue weighted by molar-refractivity contribution is 0.244. The lowest BCUT2D eigenvalue weighted by Crippen LogP contribution is -2.19. The highest BCUT2D eigenvalue weighted by atomic mass is 14.8. The largest absolute Gasteiger partial charge is 0.327 e. The van der Waals surface area contributed by atoms with E-state index in [1.54, 1.807) is 0 Å². The third kappa shape index (κ3) is 0.968. The van der Waals surface area contributed by atoms with Crippen molar-refractivity contribution >= 4 is 0 Å². The summed E-state index contributed by atoms with van der Waals surface area (Å²) < 4.78 is 0. The molecule has 2 unspecified atom stereocenters. The van der Waals surface area contributed by atoms with Gasteiger partial charge in [0.05, 0.1) is 0 Å². The molecule has 1 nitrogen and oxygen atoms in total. The van der Waals surface area contributed by atoms with Crippen LogP contribution in [0.25, 0.3) is 0 Å². The van der Waals surface area contributed by atoms with Crippen molar-refractivity contribution in [2.24, 2.45) is 17.1 Å². The van der Waals surface area contributed by atoms with Crippen LogP contribution in [-0.2, 0) is 0 Å². The van der Waals surface area contributed by atoms with Crippen molar-refractivity contribution in [3.05, 3.63) is 0 Å². The zero-order valence-electron chi connectivity index (χ0n) is 6.77. The van der Waals surface area contributed by atoms with E-state index in [1.165, 1.54) is 32.1 Å². The van der Waals surface area contributed by atoms with Gasteiger partial charge < -0.3 is 5.73 Å². The molecule has 58 valence electrons. The lowest BCUT2D eigenvalue weighted by Gasteiger charge is -2.28. The van der Waals surface area contributed by atoms with Crippen LogP contribution in [0.5, 0.6) is 0 Å². The SMILES string of the molecule is CC1(CC2CCC2)CC1N. The van der Waals surface area contributed by atoms with E-state index in [2.05, 4.69) is 6.92 Å². The van der Waals surface area contributed by atoms with Gasteiger partial charge in [0.2, 0.25) is 0 Å². The summed E-state index contributed by atoms with van der Waals surface area (Å²) in [6, 6.07) is 0.535. The smallest absolute Gasteiger partial charge is 0.00993 e. The van der Waals surface area contributed by atoms with E-state index in [4.69, 9.17) is 5.73 Å². The van der Waals surface area contributed by atoms with Gasteiger partial charge in [0, 0.05) is 6.04 Å². The van der Waals surface area contributed by atoms with Gasteiger partial charge in [0.1, 0.15) is 0 Å². The predicted octanol–water partition coefficient (Wildman–Crippen LogP) is 1.91. The summed E-state index contributed by atoms with van der Waals surface area (Å²) in [5.74, 6) is 1.04. The van der Waals surface area contributed by atoms with Gasteiger partial charge in [-0.05, 0) is 24.2 Å². The van der Waals surface area contributed by atoms with Crippen LogP contribution in [0.3, 0.4) is 0 Å². The van der Waals surface area contributed by atoms with Crippen molar-refractivity contribution in [1.29, 1.82) is 0 Å². The molecule has 0 bridgehead atoms. The standard InChI is InChI=1S/C9H17N/c1-9(6-8(9)10)5-7-3-2-4-7/h7-8H,2-6,10H2,1H3. The Hall–Kier alpha value is -0.0400. The third-order valence-corrected chi connectivity index (χ3v) is 3.40. The molecule has 2 aliphatic rings. The fourth-order valence-electron chi connectivity index (χ4n) is 2.03. The van der Waals surface area contributed by atoms with E-state index in [-0.39, 0.29) is 0 Å². The van der Waals surface area contributed by atoms with Crippen LogP contribution < -0.4 is 5.73 Å². The molecule has 0 radical (unpaired) electrons. The third-order valence-electron chi connectivity index (χ3n) is 3.40. The highest BCUT2D eigenvalue weighted by molar-refractivity contribution is 5.03. The number of hydrogen-bond acceptors (Lipinski definition) is 1. The van der Waals surface area contributed by atoms with E-state index >= 15 is 0 Å². The van der Waals surface area contributed by atoms with Gasteiger partial charge in [-0.15, -0.1) is 0 Å². The molecule has 2 atom stereocenters. The summed E-state index contributed by atoms with van der Waals surface area (Å²) in [4.78, 5) is 0. The molecule has 0 aromatic rings. The zero-order valence-corrected chi connectivity index (χ0v) is 6.77. The Morgan fingerprint density at radius 1 is 1.50 bits per heavy atom. The minimum absolute atomic E-state index is 0.535. The van der Waals surface area contributed by atoms with Crippen molar-refractivity contribution < 1.29 is 0 Å². The molecule has 0 aliphatic heterocycles. The molecular weight excluding hydrogens is 122 g/mol. The second-order valence-electron chi connectivity index (χ2n) is 4.47. The topological polar surface area (TPSA) is 26.0 Å². The molecule has 10 heavy (non-hydrogen) atoms. The molecule has 0 spiro atoms. The van der Waals surface area contributed by atoms with Crippen molar-refractivity contribution in [1.82, 2.24) is 0 Å². The molecule has 2 saturated carbocycles. The summed E-state index contributed by atoms with van der Waals surface area (Å²) in [6.45, 7) is 2.34. The average Bonchev–Trinajstić information content (AvgIpc) is 2.32. The van der Waals surface area contributed by atoms with Gasteiger partial charge >= 0.3 is 0 Å². The summed E-state index contributed by atoms with van der Waals surface area (Å²) in [6.07, 6.45) is 7.11. The monoisotopic (exact) mass is 139 g/mol. The fraction of sp³-hybridized carbons (Fsp3) is 1.00. The second kappa shape index (κ2) is 1.97. The van der Waals surface area contributed by atoms with Crippen LogP contribution in [0.15, 0.2) is 0 Å². The van der Waals surface area contributed by atoms with E-state index < -0.39 is 0 Å². The number of rotatable bonds is 2. The molecule has 1 heteroatoms. The highest BCUT2D eigenvalue weighted by Gasteiger charge is 2.48. The maximum absolute atomic E-state index is 5.83. The molecule has 0 aromatic carbocycles. The minimum Gasteiger partial charge on any atom is -0.327 e. The zero-order chi connectivity index (χ0) is 7.19. The maximum atomic E-state index is 5.83. The van der Waals surface area contributed by atoms with Gasteiger partial charge in [-0.25, -0.2) is 0 Å². The highest BCUT2D eigenvalue weighted by Crippen LogP contribution is 2.51. The fourth-order valence-corrected chi connectivity index (χ4v) is 2.03. The molecule has 2 rings (SSSR count). The first-order chi connectivity index (χ1) is 4.71. The first-order valence-corrected chi connectivity index (χ1v) is 4.46. The molecule has 2 N–H and O–H groups in total. The molecule has 0 amide bonds. The van der Waals surface area contributed by atoms with Crippen molar-refractivity contribution in [3.8, 4) is 0 Å². The Morgan fingerprint density at radius 3 is 2.40 bits per heavy atom. The van der Waals surface area contributed by atoms with Crippen LogP contribution in [0.2, 0.25) is 0 Å². The Labute approximate surface area is 63.0 Å². The Morgan fingerprint density at radius 2 is 2.10 bits per heavy atom. The molecule has 0 heterocycles. The molecule has 2 fully saturated rings. The lowest BCUT2D eigenvalue weighted by atomic mass is 9.78. The maximum Gasteiger partial charge on any atom is 0.00993 e. The van der Waals surface area contributed by atoms with Gasteiger partial charge in [-0.1, -0.05) is 26.2 Å². The molecule has 0 aromatic heterocycles. The van der Waals surface area contributed by atoms with Gasteiger partial charge in [-0.2, -0.15) is 0 Å². The summed E-state index contributed by atoms with van der Waals surface area (Å²) >= 11 is 0. The molecule has 2 aliphatic carbocycles. The van der Waals surface area contributed by atoms with Crippen molar-refractivity contribution in [2.45, 2.75) is 45.1 Å². The van der Waals surface area contributed by atoms with Crippen LogP contribution in [0.1, 0.15) is 39.0 Å².